The Bertz CT molecular complexity index is 1660. The van der Waals surface area contributed by atoms with Crippen LogP contribution in [0.2, 0.25) is 0 Å². The second-order valence-corrected chi connectivity index (χ2v) is 9.42. The molecule has 3 aromatic carbocycles. The molecule has 0 spiro atoms. The van der Waals surface area contributed by atoms with Crippen LogP contribution in [-0.4, -0.2) is 34.4 Å². The highest BCUT2D eigenvalue weighted by Gasteiger charge is 2.30. The highest BCUT2D eigenvalue weighted by molar-refractivity contribution is 7.92. The van der Waals surface area contributed by atoms with Crippen molar-refractivity contribution in [2.75, 3.05) is 5.73 Å². The quantitative estimate of drug-likeness (QED) is 0.395. The van der Waals surface area contributed by atoms with Gasteiger partial charge in [0, 0.05) is 5.56 Å². The number of nitrogens with zero attached hydrogens (tertiary/aromatic N) is 4. The molecule has 3 N–H and O–H groups in total. The number of phenolic OH excluding ortho intramolecular Hbond substituents is 1. The van der Waals surface area contributed by atoms with Gasteiger partial charge in [-0.15, -0.1) is 0 Å². The summed E-state index contributed by atoms with van der Waals surface area (Å²) in [6, 6.07) is 20.3. The molecule has 0 aliphatic heterocycles. The van der Waals surface area contributed by atoms with Crippen molar-refractivity contribution in [3.8, 4) is 5.75 Å². The minimum absolute atomic E-state index is 0.0281. The fourth-order valence-electron chi connectivity index (χ4n) is 3.56. The Labute approximate surface area is 189 Å². The van der Waals surface area contributed by atoms with E-state index >= 15 is 0 Å². The summed E-state index contributed by atoms with van der Waals surface area (Å²) < 4.78 is 28.4. The normalized spacial score (nSPS) is 12.2. The van der Waals surface area contributed by atoms with Gasteiger partial charge in [-0.3, -0.25) is 0 Å². The number of sulfone groups is 1. The Balaban J connectivity index is 1.81. The minimum Gasteiger partial charge on any atom is -0.507 e. The Kier molecular flexibility index (Phi) is 4.83. The molecule has 0 unspecified atom stereocenters. The molecule has 0 fully saturated rings. The van der Waals surface area contributed by atoms with Gasteiger partial charge >= 0.3 is 0 Å². The number of nitrogens with two attached hydrogens (primary N) is 1. The minimum atomic E-state index is -4.02. The highest BCUT2D eigenvalue weighted by Crippen LogP contribution is 2.35. The first-order valence-electron chi connectivity index (χ1n) is 10.1. The van der Waals surface area contributed by atoms with E-state index in [4.69, 9.17) is 5.73 Å². The van der Waals surface area contributed by atoms with Crippen molar-refractivity contribution in [2.24, 2.45) is 5.10 Å². The number of rotatable bonds is 4. The van der Waals surface area contributed by atoms with Crippen LogP contribution in [0.5, 0.6) is 5.75 Å². The number of para-hydroxylation sites is 3. The van der Waals surface area contributed by atoms with E-state index in [1.165, 1.54) is 29.1 Å². The van der Waals surface area contributed by atoms with E-state index in [1.807, 2.05) is 13.0 Å². The second kappa shape index (κ2) is 7.72. The number of aromatic hydroxyl groups is 1. The predicted octanol–water partition coefficient (Wildman–Crippen LogP) is 3.90. The van der Waals surface area contributed by atoms with Crippen LogP contribution >= 0.6 is 0 Å². The lowest BCUT2D eigenvalue weighted by atomic mass is 10.2. The first kappa shape index (κ1) is 20.7. The van der Waals surface area contributed by atoms with E-state index in [9.17, 15) is 13.5 Å². The number of hydrogen-bond acceptors (Lipinski definition) is 7. The van der Waals surface area contributed by atoms with Gasteiger partial charge in [-0.05, 0) is 43.3 Å². The third-order valence-electron chi connectivity index (χ3n) is 5.28. The third-order valence-corrected chi connectivity index (χ3v) is 7.11. The third kappa shape index (κ3) is 3.48. The maximum absolute atomic E-state index is 13.6. The van der Waals surface area contributed by atoms with Crippen LogP contribution in [0.25, 0.3) is 22.2 Å². The van der Waals surface area contributed by atoms with Crippen molar-refractivity contribution < 1.29 is 13.5 Å². The van der Waals surface area contributed by atoms with Gasteiger partial charge in [0.05, 0.1) is 22.1 Å². The largest absolute Gasteiger partial charge is 0.507 e. The molecule has 2 heterocycles. The van der Waals surface area contributed by atoms with Gasteiger partial charge in [0.25, 0.3) is 0 Å². The molecule has 2 aromatic heterocycles. The van der Waals surface area contributed by atoms with E-state index in [1.54, 1.807) is 48.5 Å². The monoisotopic (exact) mass is 457 g/mol. The second-order valence-electron chi connectivity index (χ2n) is 7.53. The van der Waals surface area contributed by atoms with E-state index in [0.717, 1.165) is 5.56 Å². The van der Waals surface area contributed by atoms with Gasteiger partial charge in [0.15, 0.2) is 5.65 Å². The molecule has 8 nitrogen and oxygen atoms in total. The lowest BCUT2D eigenvalue weighted by molar-refractivity contribution is 0.474. The number of anilines is 1. The fourth-order valence-corrected chi connectivity index (χ4v) is 5.04. The summed E-state index contributed by atoms with van der Waals surface area (Å²) in [7, 11) is -4.02. The molecule has 0 saturated heterocycles. The zero-order valence-corrected chi connectivity index (χ0v) is 18.4. The number of aryl methyl sites for hydroxylation is 1. The SMILES string of the molecule is Cc1ccc(S(=O)(=O)c2c(N)n(/N=C/c3ccccc3O)c3nc4ccccc4nc23)cc1. The van der Waals surface area contributed by atoms with E-state index in [-0.39, 0.29) is 32.5 Å². The molecule has 0 saturated carbocycles. The molecular formula is C24H19N5O3S. The number of phenols is 1. The van der Waals surface area contributed by atoms with Crippen LogP contribution < -0.4 is 5.73 Å². The van der Waals surface area contributed by atoms with Crippen molar-refractivity contribution in [1.29, 1.82) is 0 Å². The predicted molar refractivity (Wildman–Crippen MR) is 127 cm³/mol. The first-order chi connectivity index (χ1) is 15.9. The van der Waals surface area contributed by atoms with Crippen molar-refractivity contribution >= 4 is 44.1 Å². The zero-order chi connectivity index (χ0) is 23.2. The summed E-state index contributed by atoms with van der Waals surface area (Å²) >= 11 is 0. The Morgan fingerprint density at radius 3 is 2.27 bits per heavy atom. The van der Waals surface area contributed by atoms with E-state index in [2.05, 4.69) is 15.1 Å². The summed E-state index contributed by atoms with van der Waals surface area (Å²) in [5.41, 5.74) is 9.16. The lowest BCUT2D eigenvalue weighted by Gasteiger charge is -2.05. The summed E-state index contributed by atoms with van der Waals surface area (Å²) in [5.74, 6) is -0.0899. The summed E-state index contributed by atoms with van der Waals surface area (Å²) in [6.45, 7) is 1.88. The number of hydrogen-bond donors (Lipinski definition) is 2. The molecule has 0 aliphatic rings. The average molecular weight is 458 g/mol. The molecular weight excluding hydrogens is 438 g/mol. The highest BCUT2D eigenvalue weighted by atomic mass is 32.2. The topological polar surface area (TPSA) is 123 Å². The maximum atomic E-state index is 13.6. The number of nitrogen functional groups attached to an aromatic ring is 1. The smallest absolute Gasteiger partial charge is 0.212 e. The van der Waals surface area contributed by atoms with Gasteiger partial charge in [-0.1, -0.05) is 42.0 Å². The standard InChI is InChI=1S/C24H19N5O3S/c1-15-10-12-17(13-11-15)33(31,32)22-21-24(28-19-8-4-3-7-18(19)27-21)29(23(22)25)26-14-16-6-2-5-9-20(16)30/h2-14,30H,25H2,1H3/b26-14+. The zero-order valence-electron chi connectivity index (χ0n) is 17.5. The first-order valence-corrected chi connectivity index (χ1v) is 11.6. The molecule has 5 rings (SSSR count). The summed E-state index contributed by atoms with van der Waals surface area (Å²) in [5, 5.41) is 14.4. The molecule has 0 radical (unpaired) electrons. The van der Waals surface area contributed by atoms with Gasteiger partial charge < -0.3 is 10.8 Å². The van der Waals surface area contributed by atoms with Gasteiger partial charge in [-0.2, -0.15) is 9.78 Å². The lowest BCUT2D eigenvalue weighted by Crippen LogP contribution is -2.06. The van der Waals surface area contributed by atoms with Crippen molar-refractivity contribution in [3.63, 3.8) is 0 Å². The Hall–Kier alpha value is -4.24. The van der Waals surface area contributed by atoms with Crippen LogP contribution in [0.15, 0.2) is 87.7 Å². The average Bonchev–Trinajstić information content (AvgIpc) is 3.08. The molecule has 5 aromatic rings. The maximum Gasteiger partial charge on any atom is 0.212 e. The molecule has 33 heavy (non-hydrogen) atoms. The van der Waals surface area contributed by atoms with E-state index < -0.39 is 9.84 Å². The molecule has 0 atom stereocenters. The number of fused-ring (bicyclic) bond motifs is 2. The van der Waals surface area contributed by atoms with Crippen LogP contribution in [0.4, 0.5) is 5.82 Å². The van der Waals surface area contributed by atoms with Crippen LogP contribution in [0.1, 0.15) is 11.1 Å². The van der Waals surface area contributed by atoms with Crippen LogP contribution in [-0.2, 0) is 9.84 Å². The molecule has 0 bridgehead atoms. The molecule has 0 amide bonds. The molecule has 0 aliphatic carbocycles. The molecule has 9 heteroatoms. The van der Waals surface area contributed by atoms with Crippen LogP contribution in [0, 0.1) is 6.92 Å². The Morgan fingerprint density at radius 2 is 1.58 bits per heavy atom. The Morgan fingerprint density at radius 1 is 0.939 bits per heavy atom. The summed E-state index contributed by atoms with van der Waals surface area (Å²) in [4.78, 5) is 9.11. The van der Waals surface area contributed by atoms with Gasteiger partial charge in [0.2, 0.25) is 9.84 Å². The molecule has 164 valence electrons. The van der Waals surface area contributed by atoms with Crippen molar-refractivity contribution in [1.82, 2.24) is 14.6 Å². The fraction of sp³-hybridized carbons (Fsp3) is 0.0417. The van der Waals surface area contributed by atoms with E-state index in [0.29, 0.717) is 16.6 Å². The summed E-state index contributed by atoms with van der Waals surface area (Å²) in [6.07, 6.45) is 1.39. The van der Waals surface area contributed by atoms with Crippen LogP contribution in [0.3, 0.4) is 0 Å². The van der Waals surface area contributed by atoms with Gasteiger partial charge in [0.1, 0.15) is 22.0 Å². The number of benzene rings is 3. The number of aromatic nitrogens is 3. The van der Waals surface area contributed by atoms with Crippen molar-refractivity contribution in [2.45, 2.75) is 16.7 Å². The van der Waals surface area contributed by atoms with Crippen molar-refractivity contribution in [3.05, 3.63) is 83.9 Å². The van der Waals surface area contributed by atoms with Gasteiger partial charge in [-0.25, -0.2) is 18.4 Å².